The van der Waals surface area contributed by atoms with E-state index in [2.05, 4.69) is 5.32 Å². The van der Waals surface area contributed by atoms with Gasteiger partial charge in [-0.1, -0.05) is 13.3 Å². The average Bonchev–Trinajstić information content (AvgIpc) is 2.60. The molecule has 0 aliphatic heterocycles. The van der Waals surface area contributed by atoms with Gasteiger partial charge in [-0.05, 0) is 19.8 Å². The van der Waals surface area contributed by atoms with Gasteiger partial charge in [-0.3, -0.25) is 9.59 Å². The molecular weight excluding hydrogens is 208 g/mol. The Morgan fingerprint density at radius 1 is 1.62 bits per heavy atom. The Bertz CT molecular complexity index is 293. The van der Waals surface area contributed by atoms with Gasteiger partial charge in [-0.15, -0.1) is 0 Å². The van der Waals surface area contributed by atoms with Crippen LogP contribution in [0.1, 0.15) is 33.1 Å². The highest BCUT2D eigenvalue weighted by atomic mass is 16.4. The average molecular weight is 228 g/mol. The lowest BCUT2D eigenvalue weighted by Gasteiger charge is -2.28. The zero-order valence-electron chi connectivity index (χ0n) is 9.82. The Kier molecular flexibility index (Phi) is 3.91. The summed E-state index contributed by atoms with van der Waals surface area (Å²) in [4.78, 5) is 22.8. The van der Waals surface area contributed by atoms with Crippen molar-refractivity contribution in [3.05, 3.63) is 0 Å². The maximum absolute atomic E-state index is 11.7. The molecule has 1 saturated carbocycles. The molecule has 1 rings (SSSR count). The molecule has 1 fully saturated rings. The molecule has 92 valence electrons. The first-order chi connectivity index (χ1) is 7.41. The molecular formula is C11H20N2O3. The fourth-order valence-corrected chi connectivity index (χ4v) is 2.07. The lowest BCUT2D eigenvalue weighted by molar-refractivity contribution is -0.149. The molecule has 4 N–H and O–H groups in total. The van der Waals surface area contributed by atoms with Crippen LogP contribution in [0.3, 0.4) is 0 Å². The molecule has 1 aliphatic rings. The largest absolute Gasteiger partial charge is 0.481 e. The smallest absolute Gasteiger partial charge is 0.311 e. The van der Waals surface area contributed by atoms with E-state index in [1.165, 1.54) is 0 Å². The van der Waals surface area contributed by atoms with Crippen molar-refractivity contribution < 1.29 is 14.7 Å². The second-order valence-electron chi connectivity index (χ2n) is 4.81. The van der Waals surface area contributed by atoms with Crippen LogP contribution in [0.4, 0.5) is 0 Å². The molecule has 5 nitrogen and oxygen atoms in total. The third kappa shape index (κ3) is 2.35. The molecule has 0 spiro atoms. The number of hydrogen-bond donors (Lipinski definition) is 3. The lowest BCUT2D eigenvalue weighted by atomic mass is 9.84. The number of rotatable bonds is 4. The molecule has 0 heterocycles. The Morgan fingerprint density at radius 2 is 2.25 bits per heavy atom. The molecule has 1 amide bonds. The van der Waals surface area contributed by atoms with Crippen LogP contribution in [-0.2, 0) is 9.59 Å². The molecule has 1 aliphatic carbocycles. The molecule has 5 heteroatoms. The summed E-state index contributed by atoms with van der Waals surface area (Å²) in [5.74, 6) is -1.25. The van der Waals surface area contributed by atoms with Gasteiger partial charge in [0, 0.05) is 18.5 Å². The highest BCUT2D eigenvalue weighted by Crippen LogP contribution is 2.38. The van der Waals surface area contributed by atoms with E-state index in [-0.39, 0.29) is 24.4 Å². The molecule has 3 unspecified atom stereocenters. The number of nitrogens with one attached hydrogen (secondary N) is 1. The second kappa shape index (κ2) is 4.82. The van der Waals surface area contributed by atoms with E-state index in [1.54, 1.807) is 13.8 Å². The minimum atomic E-state index is -0.837. The number of carbonyl (C=O) groups excluding carboxylic acids is 1. The lowest BCUT2D eigenvalue weighted by Crippen LogP contribution is -2.49. The highest BCUT2D eigenvalue weighted by Gasteiger charge is 2.46. The van der Waals surface area contributed by atoms with Crippen LogP contribution in [0.5, 0.6) is 0 Å². The maximum Gasteiger partial charge on any atom is 0.311 e. The Morgan fingerprint density at radius 3 is 2.75 bits per heavy atom. The van der Waals surface area contributed by atoms with E-state index in [9.17, 15) is 14.7 Å². The van der Waals surface area contributed by atoms with Crippen LogP contribution >= 0.6 is 0 Å². The number of carboxylic acid groups (broad SMARTS) is 1. The number of aliphatic carboxylic acids is 1. The summed E-state index contributed by atoms with van der Waals surface area (Å²) in [5.41, 5.74) is 4.57. The Labute approximate surface area is 95.4 Å². The second-order valence-corrected chi connectivity index (χ2v) is 4.81. The molecule has 3 atom stereocenters. The molecule has 0 aromatic carbocycles. The van der Waals surface area contributed by atoms with Gasteiger partial charge in [0.1, 0.15) is 0 Å². The third-order valence-electron chi connectivity index (χ3n) is 3.56. The number of hydrogen-bond acceptors (Lipinski definition) is 3. The van der Waals surface area contributed by atoms with Crippen molar-refractivity contribution in [2.75, 3.05) is 6.54 Å². The fraction of sp³-hybridized carbons (Fsp3) is 0.818. The zero-order chi connectivity index (χ0) is 12.3. The molecule has 0 saturated heterocycles. The Hall–Kier alpha value is -1.10. The Balaban J connectivity index is 2.67. The van der Waals surface area contributed by atoms with Gasteiger partial charge in [0.05, 0.1) is 5.41 Å². The van der Waals surface area contributed by atoms with Crippen molar-refractivity contribution in [2.24, 2.45) is 17.1 Å². The predicted octanol–water partition coefficient (Wildman–Crippen LogP) is 0.341. The van der Waals surface area contributed by atoms with E-state index in [0.717, 1.165) is 12.8 Å². The highest BCUT2D eigenvalue weighted by molar-refractivity contribution is 5.81. The van der Waals surface area contributed by atoms with Crippen molar-refractivity contribution >= 4 is 11.9 Å². The normalized spacial score (nSPS) is 31.1. The van der Waals surface area contributed by atoms with Gasteiger partial charge in [-0.2, -0.15) is 0 Å². The van der Waals surface area contributed by atoms with Crippen LogP contribution in [0, 0.1) is 11.3 Å². The van der Waals surface area contributed by atoms with Crippen LogP contribution in [0.15, 0.2) is 0 Å². The van der Waals surface area contributed by atoms with Gasteiger partial charge < -0.3 is 16.2 Å². The quantitative estimate of drug-likeness (QED) is 0.647. The topological polar surface area (TPSA) is 92.4 Å². The van der Waals surface area contributed by atoms with E-state index >= 15 is 0 Å². The van der Waals surface area contributed by atoms with Crippen LogP contribution in [0.25, 0.3) is 0 Å². The minimum Gasteiger partial charge on any atom is -0.481 e. The van der Waals surface area contributed by atoms with Gasteiger partial charge in [0.25, 0.3) is 0 Å². The zero-order valence-corrected chi connectivity index (χ0v) is 9.82. The van der Waals surface area contributed by atoms with Crippen molar-refractivity contribution in [2.45, 2.75) is 39.2 Å². The molecule has 0 radical (unpaired) electrons. The molecule has 0 aromatic heterocycles. The number of carboxylic acids is 1. The fourth-order valence-electron chi connectivity index (χ4n) is 2.07. The third-order valence-corrected chi connectivity index (χ3v) is 3.56. The summed E-state index contributed by atoms with van der Waals surface area (Å²) in [6.07, 6.45) is 2.18. The van der Waals surface area contributed by atoms with Crippen molar-refractivity contribution in [1.29, 1.82) is 0 Å². The van der Waals surface area contributed by atoms with Crippen molar-refractivity contribution in [3.63, 3.8) is 0 Å². The summed E-state index contributed by atoms with van der Waals surface area (Å²) in [6, 6.07) is -0.272. The maximum atomic E-state index is 11.7. The van der Waals surface area contributed by atoms with Gasteiger partial charge >= 0.3 is 5.97 Å². The van der Waals surface area contributed by atoms with Crippen LogP contribution < -0.4 is 11.1 Å². The van der Waals surface area contributed by atoms with Crippen molar-refractivity contribution in [3.8, 4) is 0 Å². The molecule has 16 heavy (non-hydrogen) atoms. The monoisotopic (exact) mass is 228 g/mol. The molecule has 0 bridgehead atoms. The number of nitrogens with two attached hydrogens (primary N) is 1. The van der Waals surface area contributed by atoms with Gasteiger partial charge in [-0.25, -0.2) is 0 Å². The number of carbonyl (C=O) groups is 2. The van der Waals surface area contributed by atoms with Gasteiger partial charge in [0.2, 0.25) is 5.91 Å². The summed E-state index contributed by atoms with van der Waals surface area (Å²) in [5, 5.41) is 12.0. The standard InChI is InChI=1S/C11H20N2O3/c1-7(6-12)9(14)13-8-4-3-5-11(8,2)10(15)16/h7-8H,3-6,12H2,1-2H3,(H,13,14)(H,15,16). The summed E-state index contributed by atoms with van der Waals surface area (Å²) in [6.45, 7) is 3.71. The minimum absolute atomic E-state index is 0.151. The van der Waals surface area contributed by atoms with E-state index in [4.69, 9.17) is 5.73 Å². The molecule has 0 aromatic rings. The predicted molar refractivity (Wildman–Crippen MR) is 59.7 cm³/mol. The van der Waals surface area contributed by atoms with Gasteiger partial charge in [0.15, 0.2) is 0 Å². The first-order valence-electron chi connectivity index (χ1n) is 5.65. The summed E-state index contributed by atoms with van der Waals surface area (Å²) < 4.78 is 0. The SMILES string of the molecule is CC(CN)C(=O)NC1CCCC1(C)C(=O)O. The first kappa shape index (κ1) is 13.0. The van der Waals surface area contributed by atoms with Crippen LogP contribution in [0.2, 0.25) is 0 Å². The summed E-state index contributed by atoms with van der Waals surface area (Å²) in [7, 11) is 0. The van der Waals surface area contributed by atoms with E-state index < -0.39 is 11.4 Å². The summed E-state index contributed by atoms with van der Waals surface area (Å²) >= 11 is 0. The van der Waals surface area contributed by atoms with E-state index in [0.29, 0.717) is 6.42 Å². The van der Waals surface area contributed by atoms with Crippen molar-refractivity contribution in [1.82, 2.24) is 5.32 Å². The van der Waals surface area contributed by atoms with E-state index in [1.807, 2.05) is 0 Å². The number of amides is 1. The first-order valence-corrected chi connectivity index (χ1v) is 5.65. The van der Waals surface area contributed by atoms with Crippen LogP contribution in [-0.4, -0.2) is 29.6 Å².